The zero-order valence-corrected chi connectivity index (χ0v) is 11.0. The Kier molecular flexibility index (Phi) is 6.36. The molecule has 1 unspecified atom stereocenters. The normalized spacial score (nSPS) is 12.2. The van der Waals surface area contributed by atoms with E-state index in [1.54, 1.807) is 6.07 Å². The van der Waals surface area contributed by atoms with Crippen molar-refractivity contribution in [2.75, 3.05) is 13.1 Å². The third-order valence-electron chi connectivity index (χ3n) is 2.70. The highest BCUT2D eigenvalue weighted by Crippen LogP contribution is 2.03. The van der Waals surface area contributed by atoms with Crippen LogP contribution in [0.1, 0.15) is 25.8 Å². The van der Waals surface area contributed by atoms with Gasteiger partial charge in [-0.3, -0.25) is 4.79 Å². The molecule has 0 aromatic heterocycles. The highest BCUT2D eigenvalue weighted by atomic mass is 19.1. The Hall–Kier alpha value is -1.42. The van der Waals surface area contributed by atoms with Crippen LogP contribution in [0, 0.1) is 5.82 Å². The van der Waals surface area contributed by atoms with Crippen molar-refractivity contribution >= 4 is 5.91 Å². The van der Waals surface area contributed by atoms with Crippen LogP contribution in [-0.2, 0) is 11.2 Å². The van der Waals surface area contributed by atoms with E-state index in [1.807, 2.05) is 19.9 Å². The Morgan fingerprint density at radius 2 is 2.17 bits per heavy atom. The molecule has 3 nitrogen and oxygen atoms in total. The number of benzene rings is 1. The minimum absolute atomic E-state index is 0.0103. The Labute approximate surface area is 108 Å². The fourth-order valence-electron chi connectivity index (χ4n) is 1.62. The average molecular weight is 252 g/mol. The van der Waals surface area contributed by atoms with Gasteiger partial charge in [0.1, 0.15) is 5.82 Å². The van der Waals surface area contributed by atoms with Gasteiger partial charge in [-0.15, -0.1) is 0 Å². The Morgan fingerprint density at radius 3 is 2.83 bits per heavy atom. The minimum atomic E-state index is -0.221. The summed E-state index contributed by atoms with van der Waals surface area (Å²) in [5, 5.41) is 5.95. The van der Waals surface area contributed by atoms with Gasteiger partial charge in [0.05, 0.1) is 6.04 Å². The first-order valence-electron chi connectivity index (χ1n) is 6.39. The molecule has 0 saturated carbocycles. The van der Waals surface area contributed by atoms with E-state index < -0.39 is 0 Å². The van der Waals surface area contributed by atoms with E-state index in [1.165, 1.54) is 12.1 Å². The molecule has 0 radical (unpaired) electrons. The molecule has 1 aromatic carbocycles. The molecule has 1 aromatic rings. The SMILES string of the molecule is CCCNC(=O)C(C)NCCc1cccc(F)c1. The van der Waals surface area contributed by atoms with Crippen molar-refractivity contribution in [3.05, 3.63) is 35.6 Å². The monoisotopic (exact) mass is 252 g/mol. The maximum atomic E-state index is 12.9. The van der Waals surface area contributed by atoms with Crippen molar-refractivity contribution in [3.63, 3.8) is 0 Å². The smallest absolute Gasteiger partial charge is 0.236 e. The third-order valence-corrected chi connectivity index (χ3v) is 2.70. The van der Waals surface area contributed by atoms with Crippen molar-refractivity contribution in [1.29, 1.82) is 0 Å². The Balaban J connectivity index is 2.26. The van der Waals surface area contributed by atoms with Gasteiger partial charge in [0, 0.05) is 6.54 Å². The highest BCUT2D eigenvalue weighted by molar-refractivity contribution is 5.81. The van der Waals surface area contributed by atoms with Gasteiger partial charge >= 0.3 is 0 Å². The fourth-order valence-corrected chi connectivity index (χ4v) is 1.62. The lowest BCUT2D eigenvalue weighted by atomic mass is 10.1. The summed E-state index contributed by atoms with van der Waals surface area (Å²) < 4.78 is 12.9. The zero-order valence-electron chi connectivity index (χ0n) is 11.0. The molecule has 0 aliphatic rings. The molecule has 1 amide bonds. The quantitative estimate of drug-likeness (QED) is 0.778. The van der Waals surface area contributed by atoms with Gasteiger partial charge < -0.3 is 10.6 Å². The number of carbonyl (C=O) groups excluding carboxylic acids is 1. The second-order valence-corrected chi connectivity index (χ2v) is 4.35. The number of amides is 1. The molecule has 100 valence electrons. The summed E-state index contributed by atoms with van der Waals surface area (Å²) in [5.74, 6) is -0.211. The Morgan fingerprint density at radius 1 is 1.39 bits per heavy atom. The van der Waals surface area contributed by atoms with Gasteiger partial charge in [-0.25, -0.2) is 4.39 Å². The lowest BCUT2D eigenvalue weighted by Crippen LogP contribution is -2.43. The minimum Gasteiger partial charge on any atom is -0.355 e. The number of halogens is 1. The van der Waals surface area contributed by atoms with Crippen LogP contribution in [0.3, 0.4) is 0 Å². The number of rotatable bonds is 7. The molecule has 0 spiro atoms. The summed E-state index contributed by atoms with van der Waals surface area (Å²) in [6.07, 6.45) is 1.64. The molecule has 0 fully saturated rings. The van der Waals surface area contributed by atoms with E-state index >= 15 is 0 Å². The van der Waals surface area contributed by atoms with Crippen LogP contribution >= 0.6 is 0 Å². The molecule has 0 saturated heterocycles. The van der Waals surface area contributed by atoms with Crippen LogP contribution in [0.25, 0.3) is 0 Å². The molecule has 2 N–H and O–H groups in total. The maximum Gasteiger partial charge on any atom is 0.236 e. The fraction of sp³-hybridized carbons (Fsp3) is 0.500. The topological polar surface area (TPSA) is 41.1 Å². The molecule has 0 heterocycles. The highest BCUT2D eigenvalue weighted by Gasteiger charge is 2.10. The average Bonchev–Trinajstić information content (AvgIpc) is 2.35. The molecule has 0 bridgehead atoms. The van der Waals surface area contributed by atoms with Crippen LogP contribution in [-0.4, -0.2) is 25.0 Å². The van der Waals surface area contributed by atoms with Crippen LogP contribution in [0.5, 0.6) is 0 Å². The van der Waals surface area contributed by atoms with Gasteiger partial charge in [0.2, 0.25) is 5.91 Å². The largest absolute Gasteiger partial charge is 0.355 e. The van der Waals surface area contributed by atoms with E-state index in [-0.39, 0.29) is 17.8 Å². The first kappa shape index (κ1) is 14.6. The third kappa shape index (κ3) is 5.27. The summed E-state index contributed by atoms with van der Waals surface area (Å²) in [5.41, 5.74) is 0.934. The molecule has 0 aliphatic carbocycles. The van der Waals surface area contributed by atoms with Crippen molar-refractivity contribution in [1.82, 2.24) is 10.6 Å². The predicted molar refractivity (Wildman–Crippen MR) is 70.9 cm³/mol. The van der Waals surface area contributed by atoms with Crippen LogP contribution < -0.4 is 10.6 Å². The van der Waals surface area contributed by atoms with Gasteiger partial charge in [-0.05, 0) is 44.0 Å². The van der Waals surface area contributed by atoms with Crippen molar-refractivity contribution in [2.24, 2.45) is 0 Å². The molecular formula is C14H21FN2O. The van der Waals surface area contributed by atoms with Gasteiger partial charge in [0.25, 0.3) is 0 Å². The van der Waals surface area contributed by atoms with Crippen LogP contribution in [0.15, 0.2) is 24.3 Å². The van der Waals surface area contributed by atoms with E-state index in [0.717, 1.165) is 12.0 Å². The van der Waals surface area contributed by atoms with Gasteiger partial charge in [0.15, 0.2) is 0 Å². The van der Waals surface area contributed by atoms with Crippen molar-refractivity contribution < 1.29 is 9.18 Å². The van der Waals surface area contributed by atoms with Crippen molar-refractivity contribution in [3.8, 4) is 0 Å². The lowest BCUT2D eigenvalue weighted by molar-refractivity contribution is -0.122. The lowest BCUT2D eigenvalue weighted by Gasteiger charge is -2.13. The number of hydrogen-bond acceptors (Lipinski definition) is 2. The first-order chi connectivity index (χ1) is 8.63. The van der Waals surface area contributed by atoms with E-state index in [9.17, 15) is 9.18 Å². The van der Waals surface area contributed by atoms with Crippen LogP contribution in [0.4, 0.5) is 4.39 Å². The van der Waals surface area contributed by atoms with E-state index in [4.69, 9.17) is 0 Å². The van der Waals surface area contributed by atoms with Gasteiger partial charge in [-0.2, -0.15) is 0 Å². The Bertz CT molecular complexity index is 382. The first-order valence-corrected chi connectivity index (χ1v) is 6.39. The second kappa shape index (κ2) is 7.82. The number of carbonyl (C=O) groups is 1. The zero-order chi connectivity index (χ0) is 13.4. The predicted octanol–water partition coefficient (Wildman–Crippen LogP) is 1.87. The standard InChI is InChI=1S/C14H21FN2O/c1-3-8-17-14(18)11(2)16-9-7-12-5-4-6-13(15)10-12/h4-6,10-11,16H,3,7-9H2,1-2H3,(H,17,18). The summed E-state index contributed by atoms with van der Waals surface area (Å²) in [6, 6.07) is 6.31. The second-order valence-electron chi connectivity index (χ2n) is 4.35. The van der Waals surface area contributed by atoms with Gasteiger partial charge in [-0.1, -0.05) is 19.1 Å². The molecular weight excluding hydrogens is 231 g/mol. The van der Waals surface area contributed by atoms with E-state index in [0.29, 0.717) is 19.5 Å². The molecule has 1 atom stereocenters. The summed E-state index contributed by atoms with van der Waals surface area (Å²) >= 11 is 0. The van der Waals surface area contributed by atoms with Crippen molar-refractivity contribution in [2.45, 2.75) is 32.7 Å². The summed E-state index contributed by atoms with van der Waals surface area (Å²) in [7, 11) is 0. The molecule has 1 rings (SSSR count). The summed E-state index contributed by atoms with van der Waals surface area (Å²) in [4.78, 5) is 11.6. The molecule has 0 aliphatic heterocycles. The maximum absolute atomic E-state index is 12.9. The molecule has 18 heavy (non-hydrogen) atoms. The van der Waals surface area contributed by atoms with Crippen LogP contribution in [0.2, 0.25) is 0 Å². The summed E-state index contributed by atoms with van der Waals surface area (Å²) in [6.45, 7) is 5.21. The van der Waals surface area contributed by atoms with E-state index in [2.05, 4.69) is 10.6 Å². The molecule has 4 heteroatoms. The number of nitrogens with one attached hydrogen (secondary N) is 2. The number of hydrogen-bond donors (Lipinski definition) is 2.